The Hall–Kier alpha value is 0.0899. The molecule has 0 aliphatic rings. The molecule has 0 heterocycles. The summed E-state index contributed by atoms with van der Waals surface area (Å²) in [5, 5.41) is -0.236. The zero-order valence-electron chi connectivity index (χ0n) is 8.27. The molecule has 0 saturated heterocycles. The SMILES string of the molecule is [B]C(C)(C)COC(C)(C)[B]C. The van der Waals surface area contributed by atoms with Crippen molar-refractivity contribution in [1.82, 2.24) is 0 Å². The van der Waals surface area contributed by atoms with Gasteiger partial charge in [-0.05, 0) is 19.2 Å². The van der Waals surface area contributed by atoms with E-state index in [1.165, 1.54) is 0 Å². The van der Waals surface area contributed by atoms with Gasteiger partial charge in [-0.3, -0.25) is 0 Å². The van der Waals surface area contributed by atoms with Crippen LogP contribution >= 0.6 is 0 Å². The normalized spacial score (nSPS) is 13.2. The molecule has 0 atom stereocenters. The van der Waals surface area contributed by atoms with Crippen LogP contribution in [-0.4, -0.2) is 27.2 Å². The van der Waals surface area contributed by atoms with Crippen LogP contribution in [0.25, 0.3) is 0 Å². The molecule has 0 aromatic heterocycles. The van der Waals surface area contributed by atoms with E-state index in [-0.39, 0.29) is 10.8 Å². The van der Waals surface area contributed by atoms with Crippen LogP contribution in [0.4, 0.5) is 0 Å². The van der Waals surface area contributed by atoms with Crippen molar-refractivity contribution < 1.29 is 4.74 Å². The van der Waals surface area contributed by atoms with Crippen LogP contribution in [0.5, 0.6) is 0 Å². The van der Waals surface area contributed by atoms with Gasteiger partial charge in [0.05, 0.1) is 7.85 Å². The number of hydrogen-bond acceptors (Lipinski definition) is 1. The summed E-state index contributed by atoms with van der Waals surface area (Å²) in [4.78, 5) is 0. The van der Waals surface area contributed by atoms with Gasteiger partial charge in [0.15, 0.2) is 0 Å². The van der Waals surface area contributed by atoms with Crippen LogP contribution in [-0.2, 0) is 4.74 Å². The summed E-state index contributed by atoms with van der Waals surface area (Å²) in [6.07, 6.45) is 0. The average molecular weight is 151 g/mol. The zero-order valence-corrected chi connectivity index (χ0v) is 8.27. The van der Waals surface area contributed by atoms with E-state index in [1.54, 1.807) is 0 Å². The fourth-order valence-corrected chi connectivity index (χ4v) is 0.455. The Labute approximate surface area is 72.5 Å². The predicted octanol–water partition coefficient (Wildman–Crippen LogP) is 1.86. The van der Waals surface area contributed by atoms with Gasteiger partial charge in [0, 0.05) is 12.1 Å². The van der Waals surface area contributed by atoms with Crippen molar-refractivity contribution in [2.75, 3.05) is 6.61 Å². The third-order valence-corrected chi connectivity index (χ3v) is 1.51. The summed E-state index contributed by atoms with van der Waals surface area (Å²) >= 11 is 0. The number of ether oxygens (including phenoxy) is 1. The van der Waals surface area contributed by atoms with E-state index < -0.39 is 0 Å². The largest absolute Gasteiger partial charge is 0.385 e. The Morgan fingerprint density at radius 2 is 1.73 bits per heavy atom. The molecule has 0 spiro atoms. The monoisotopic (exact) mass is 151 g/mol. The maximum atomic E-state index is 5.76. The van der Waals surface area contributed by atoms with E-state index >= 15 is 0 Å². The maximum absolute atomic E-state index is 5.76. The molecular formula is C8H17B2O. The Morgan fingerprint density at radius 1 is 1.27 bits per heavy atom. The van der Waals surface area contributed by atoms with Gasteiger partial charge in [0.25, 0.3) is 0 Å². The highest BCUT2D eigenvalue weighted by Crippen LogP contribution is 2.21. The number of hydrogen-bond donors (Lipinski definition) is 0. The van der Waals surface area contributed by atoms with Crippen molar-refractivity contribution in [1.29, 1.82) is 0 Å². The fraction of sp³-hybridized carbons (Fsp3) is 1.00. The maximum Gasteiger partial charge on any atom is 0.149 e. The molecular weight excluding hydrogens is 134 g/mol. The molecule has 0 aliphatic heterocycles. The lowest BCUT2D eigenvalue weighted by molar-refractivity contribution is 0.0301. The highest BCUT2D eigenvalue weighted by Gasteiger charge is 2.19. The third kappa shape index (κ3) is 6.49. The van der Waals surface area contributed by atoms with E-state index in [0.717, 1.165) is 0 Å². The summed E-state index contributed by atoms with van der Waals surface area (Å²) in [5.41, 5.74) is -0.156. The van der Waals surface area contributed by atoms with E-state index in [0.29, 0.717) is 6.61 Å². The molecule has 61 valence electrons. The Balaban J connectivity index is 3.70. The molecule has 1 nitrogen and oxygen atoms in total. The van der Waals surface area contributed by atoms with Crippen molar-refractivity contribution in [3.8, 4) is 0 Å². The molecule has 0 bridgehead atoms. The van der Waals surface area contributed by atoms with Crippen LogP contribution in [0.2, 0.25) is 12.1 Å². The fourth-order valence-electron chi connectivity index (χ4n) is 0.455. The van der Waals surface area contributed by atoms with Crippen molar-refractivity contribution in [3.63, 3.8) is 0 Å². The minimum atomic E-state index is -0.236. The molecule has 0 fully saturated rings. The first-order valence-electron chi connectivity index (χ1n) is 4.00. The van der Waals surface area contributed by atoms with E-state index in [9.17, 15) is 0 Å². The van der Waals surface area contributed by atoms with Crippen molar-refractivity contribution in [3.05, 3.63) is 0 Å². The van der Waals surface area contributed by atoms with E-state index in [2.05, 4.69) is 0 Å². The van der Waals surface area contributed by atoms with Crippen molar-refractivity contribution >= 4 is 15.1 Å². The topological polar surface area (TPSA) is 9.23 Å². The number of rotatable bonds is 4. The van der Waals surface area contributed by atoms with Crippen LogP contribution in [0, 0.1) is 0 Å². The molecule has 0 rings (SSSR count). The smallest absolute Gasteiger partial charge is 0.149 e. The molecule has 3 radical (unpaired) electrons. The average Bonchev–Trinajstić information content (AvgIpc) is 1.83. The van der Waals surface area contributed by atoms with Crippen LogP contribution in [0.3, 0.4) is 0 Å². The van der Waals surface area contributed by atoms with Gasteiger partial charge < -0.3 is 4.74 Å². The quantitative estimate of drug-likeness (QED) is 0.557. The second-order valence-corrected chi connectivity index (χ2v) is 4.17. The van der Waals surface area contributed by atoms with Gasteiger partial charge in [-0.25, -0.2) is 0 Å². The van der Waals surface area contributed by atoms with Gasteiger partial charge in [-0.1, -0.05) is 20.7 Å². The first-order chi connectivity index (χ1) is 4.77. The van der Waals surface area contributed by atoms with Crippen LogP contribution in [0.1, 0.15) is 27.7 Å². The van der Waals surface area contributed by atoms with Crippen molar-refractivity contribution in [2.24, 2.45) is 0 Å². The highest BCUT2D eigenvalue weighted by atomic mass is 16.5. The molecule has 0 saturated carbocycles. The first-order valence-corrected chi connectivity index (χ1v) is 4.00. The second-order valence-electron chi connectivity index (χ2n) is 4.17. The Kier molecular flexibility index (Phi) is 3.69. The zero-order chi connectivity index (χ0) is 9.12. The van der Waals surface area contributed by atoms with Crippen LogP contribution in [0.15, 0.2) is 0 Å². The van der Waals surface area contributed by atoms with E-state index in [1.807, 2.05) is 41.8 Å². The van der Waals surface area contributed by atoms with Gasteiger partial charge in [-0.15, -0.1) is 0 Å². The summed E-state index contributed by atoms with van der Waals surface area (Å²) < 4.78 is 5.56. The molecule has 0 aliphatic carbocycles. The Bertz CT molecular complexity index is 116. The predicted molar refractivity (Wildman–Crippen MR) is 51.4 cm³/mol. The molecule has 0 N–H and O–H groups in total. The lowest BCUT2D eigenvalue weighted by atomic mass is 9.64. The molecule has 3 heteroatoms. The summed E-state index contributed by atoms with van der Waals surface area (Å²) in [6.45, 7) is 10.5. The molecule has 0 aromatic rings. The van der Waals surface area contributed by atoms with Gasteiger partial charge in [0.2, 0.25) is 0 Å². The Morgan fingerprint density at radius 3 is 2.00 bits per heavy atom. The second kappa shape index (κ2) is 3.66. The summed E-state index contributed by atoms with van der Waals surface area (Å²) in [7, 11) is 7.78. The molecule has 11 heavy (non-hydrogen) atoms. The summed E-state index contributed by atoms with van der Waals surface area (Å²) in [5.74, 6) is 0. The molecule has 0 amide bonds. The van der Waals surface area contributed by atoms with Gasteiger partial charge in [0.1, 0.15) is 7.28 Å². The molecule has 0 unspecified atom stereocenters. The summed E-state index contributed by atoms with van der Waals surface area (Å²) in [6, 6.07) is 0. The lowest BCUT2D eigenvalue weighted by Crippen LogP contribution is -2.33. The van der Waals surface area contributed by atoms with Gasteiger partial charge in [-0.2, -0.15) is 0 Å². The lowest BCUT2D eigenvalue weighted by Gasteiger charge is -2.28. The minimum absolute atomic E-state index is 0.156. The minimum Gasteiger partial charge on any atom is -0.385 e. The first kappa shape index (κ1) is 11.1. The van der Waals surface area contributed by atoms with E-state index in [4.69, 9.17) is 12.6 Å². The van der Waals surface area contributed by atoms with Gasteiger partial charge >= 0.3 is 0 Å². The highest BCUT2D eigenvalue weighted by molar-refractivity contribution is 6.37. The third-order valence-electron chi connectivity index (χ3n) is 1.51. The standard InChI is InChI=1S/C8H17B2O/c1-7(2,9)6-11-8(3,4)10-5/h6H2,1-5H3. The van der Waals surface area contributed by atoms with Crippen molar-refractivity contribution in [2.45, 2.75) is 45.3 Å². The van der Waals surface area contributed by atoms with Crippen LogP contribution < -0.4 is 0 Å². The molecule has 0 aromatic carbocycles.